The number of benzene rings is 1. The number of rotatable bonds is 6. The molecule has 156 valence electrons. The Morgan fingerprint density at radius 3 is 2.50 bits per heavy atom. The molecule has 0 atom stereocenters. The van der Waals surface area contributed by atoms with Crippen molar-refractivity contribution in [2.45, 2.75) is 6.54 Å². The number of nitrogens with zero attached hydrogens (tertiary/aromatic N) is 5. The minimum Gasteiger partial charge on any atom is -0.335 e. The second kappa shape index (κ2) is 9.24. The van der Waals surface area contributed by atoms with Crippen LogP contribution >= 0.6 is 0 Å². The van der Waals surface area contributed by atoms with E-state index in [0.717, 1.165) is 44.1 Å². The summed E-state index contributed by atoms with van der Waals surface area (Å²) in [5, 5.41) is 0. The number of hydrogen-bond donors (Lipinski definition) is 0. The third-order valence-electron chi connectivity index (χ3n) is 5.43. The van der Waals surface area contributed by atoms with E-state index in [1.807, 2.05) is 66.0 Å². The molecular weight excluding hydrogens is 374 g/mol. The van der Waals surface area contributed by atoms with Crippen LogP contribution in [0.25, 0.3) is 11.7 Å². The molecule has 1 aliphatic heterocycles. The zero-order valence-electron chi connectivity index (χ0n) is 17.7. The Bertz CT molecular complexity index is 1020. The average Bonchev–Trinajstić information content (AvgIpc) is 3.12. The van der Waals surface area contributed by atoms with E-state index >= 15 is 0 Å². The monoisotopic (exact) mass is 403 g/mol. The first-order valence-electron chi connectivity index (χ1n) is 10.5. The van der Waals surface area contributed by atoms with Gasteiger partial charge in [0.05, 0.1) is 5.69 Å². The molecular formula is C24H29N5O. The number of pyridine rings is 1. The van der Waals surface area contributed by atoms with Crippen LogP contribution < -0.4 is 0 Å². The summed E-state index contributed by atoms with van der Waals surface area (Å²) in [7, 11) is 4.02. The first kappa shape index (κ1) is 20.3. The van der Waals surface area contributed by atoms with Crippen molar-refractivity contribution in [2.24, 2.45) is 0 Å². The molecule has 3 aromatic rings. The lowest BCUT2D eigenvalue weighted by molar-refractivity contribution is 0.0643. The molecule has 1 fully saturated rings. The van der Waals surface area contributed by atoms with Crippen LogP contribution in [-0.4, -0.2) is 76.8 Å². The van der Waals surface area contributed by atoms with Crippen molar-refractivity contribution < 1.29 is 4.79 Å². The SMILES string of the molecule is CN(C)Cc1c(C(=O)N2CCN(C/C=C/c3ccccc3)CC2)nc2ccccn12. The number of aromatic nitrogens is 2. The van der Waals surface area contributed by atoms with Crippen LogP contribution in [0.1, 0.15) is 21.7 Å². The fourth-order valence-electron chi connectivity index (χ4n) is 3.85. The molecule has 4 rings (SSSR count). The van der Waals surface area contributed by atoms with Gasteiger partial charge in [-0.3, -0.25) is 9.69 Å². The average molecular weight is 404 g/mol. The van der Waals surface area contributed by atoms with E-state index in [-0.39, 0.29) is 5.91 Å². The maximum Gasteiger partial charge on any atom is 0.274 e. The smallest absolute Gasteiger partial charge is 0.274 e. The summed E-state index contributed by atoms with van der Waals surface area (Å²) >= 11 is 0. The lowest BCUT2D eigenvalue weighted by Gasteiger charge is -2.34. The minimum atomic E-state index is 0.0371. The molecule has 0 aliphatic carbocycles. The van der Waals surface area contributed by atoms with E-state index in [9.17, 15) is 4.79 Å². The van der Waals surface area contributed by atoms with Gasteiger partial charge in [0.1, 0.15) is 5.65 Å². The number of carbonyl (C=O) groups is 1. The molecule has 0 saturated carbocycles. The molecule has 0 radical (unpaired) electrons. The highest BCUT2D eigenvalue weighted by Crippen LogP contribution is 2.17. The van der Waals surface area contributed by atoms with E-state index in [4.69, 9.17) is 0 Å². The van der Waals surface area contributed by atoms with Gasteiger partial charge in [-0.05, 0) is 31.8 Å². The Morgan fingerprint density at radius 1 is 1.03 bits per heavy atom. The predicted molar refractivity (Wildman–Crippen MR) is 120 cm³/mol. The number of imidazole rings is 1. The number of amides is 1. The maximum atomic E-state index is 13.3. The lowest BCUT2D eigenvalue weighted by Crippen LogP contribution is -2.48. The summed E-state index contributed by atoms with van der Waals surface area (Å²) in [6, 6.07) is 16.2. The molecule has 1 saturated heterocycles. The van der Waals surface area contributed by atoms with E-state index in [1.54, 1.807) is 0 Å². The molecule has 30 heavy (non-hydrogen) atoms. The van der Waals surface area contributed by atoms with Crippen molar-refractivity contribution >= 4 is 17.6 Å². The highest BCUT2D eigenvalue weighted by molar-refractivity contribution is 5.94. The third kappa shape index (κ3) is 4.61. The van der Waals surface area contributed by atoms with Gasteiger partial charge in [-0.2, -0.15) is 0 Å². The van der Waals surface area contributed by atoms with E-state index in [2.05, 4.69) is 39.1 Å². The van der Waals surface area contributed by atoms with Gasteiger partial charge >= 0.3 is 0 Å². The normalized spacial score (nSPS) is 15.5. The molecule has 6 nitrogen and oxygen atoms in total. The van der Waals surface area contributed by atoms with Gasteiger partial charge in [0.15, 0.2) is 5.69 Å². The van der Waals surface area contributed by atoms with E-state index in [1.165, 1.54) is 5.56 Å². The summed E-state index contributed by atoms with van der Waals surface area (Å²) in [5.41, 5.74) is 3.56. The molecule has 0 spiro atoms. The van der Waals surface area contributed by atoms with Crippen molar-refractivity contribution in [1.82, 2.24) is 24.1 Å². The Balaban J connectivity index is 1.40. The van der Waals surface area contributed by atoms with Gasteiger partial charge in [-0.15, -0.1) is 0 Å². The predicted octanol–water partition coefficient (Wildman–Crippen LogP) is 2.87. The van der Waals surface area contributed by atoms with Crippen molar-refractivity contribution in [1.29, 1.82) is 0 Å². The summed E-state index contributed by atoms with van der Waals surface area (Å²) in [4.78, 5) is 24.3. The van der Waals surface area contributed by atoms with Crippen LogP contribution in [0, 0.1) is 0 Å². The van der Waals surface area contributed by atoms with Crippen LogP contribution in [0.2, 0.25) is 0 Å². The molecule has 0 bridgehead atoms. The molecule has 6 heteroatoms. The molecule has 3 heterocycles. The number of piperazine rings is 1. The highest BCUT2D eigenvalue weighted by Gasteiger charge is 2.26. The quantitative estimate of drug-likeness (QED) is 0.635. The van der Waals surface area contributed by atoms with Crippen molar-refractivity contribution in [2.75, 3.05) is 46.8 Å². The zero-order chi connectivity index (χ0) is 20.9. The van der Waals surface area contributed by atoms with Crippen molar-refractivity contribution in [3.63, 3.8) is 0 Å². The lowest BCUT2D eigenvalue weighted by atomic mass is 10.2. The number of hydrogen-bond acceptors (Lipinski definition) is 4. The summed E-state index contributed by atoms with van der Waals surface area (Å²) in [6.45, 7) is 4.79. The first-order chi connectivity index (χ1) is 14.6. The van der Waals surface area contributed by atoms with Gasteiger partial charge in [0.25, 0.3) is 5.91 Å². The fraction of sp³-hybridized carbons (Fsp3) is 0.333. The third-order valence-corrected chi connectivity index (χ3v) is 5.43. The molecule has 0 unspecified atom stereocenters. The number of carbonyl (C=O) groups excluding carboxylic acids is 1. The Labute approximate surface area is 178 Å². The van der Waals surface area contributed by atoms with Crippen LogP contribution in [-0.2, 0) is 6.54 Å². The summed E-state index contributed by atoms with van der Waals surface area (Å²) in [6.07, 6.45) is 6.33. The molecule has 2 aromatic heterocycles. The zero-order valence-corrected chi connectivity index (χ0v) is 17.7. The van der Waals surface area contributed by atoms with Crippen molar-refractivity contribution in [3.8, 4) is 0 Å². The molecule has 1 amide bonds. The maximum absolute atomic E-state index is 13.3. The second-order valence-corrected chi connectivity index (χ2v) is 7.98. The van der Waals surface area contributed by atoms with E-state index < -0.39 is 0 Å². The molecule has 1 aromatic carbocycles. The van der Waals surface area contributed by atoms with Gasteiger partial charge in [-0.1, -0.05) is 48.6 Å². The topological polar surface area (TPSA) is 44.1 Å². The molecule has 0 N–H and O–H groups in total. The fourth-order valence-corrected chi connectivity index (χ4v) is 3.85. The standard InChI is InChI=1S/C24H29N5O/c1-26(2)19-21-23(25-22-12-6-7-14-29(21)22)24(30)28-17-15-27(16-18-28)13-8-11-20-9-4-3-5-10-20/h3-12,14H,13,15-19H2,1-2H3/b11-8+. The summed E-state index contributed by atoms with van der Waals surface area (Å²) in [5.74, 6) is 0.0371. The van der Waals surface area contributed by atoms with Gasteiger partial charge in [-0.25, -0.2) is 4.98 Å². The van der Waals surface area contributed by atoms with E-state index in [0.29, 0.717) is 12.2 Å². The Hall–Kier alpha value is -2.96. The largest absolute Gasteiger partial charge is 0.335 e. The Morgan fingerprint density at radius 2 is 1.77 bits per heavy atom. The van der Waals surface area contributed by atoms with Crippen LogP contribution in [0.4, 0.5) is 0 Å². The summed E-state index contributed by atoms with van der Waals surface area (Å²) < 4.78 is 2.03. The van der Waals surface area contributed by atoms with Crippen LogP contribution in [0.15, 0.2) is 60.8 Å². The first-order valence-corrected chi connectivity index (χ1v) is 10.5. The van der Waals surface area contributed by atoms with Gasteiger partial charge < -0.3 is 14.2 Å². The Kier molecular flexibility index (Phi) is 6.26. The highest BCUT2D eigenvalue weighted by atomic mass is 16.2. The van der Waals surface area contributed by atoms with Gasteiger partial charge in [0, 0.05) is 45.5 Å². The number of fused-ring (bicyclic) bond motifs is 1. The van der Waals surface area contributed by atoms with Crippen LogP contribution in [0.5, 0.6) is 0 Å². The molecule has 1 aliphatic rings. The van der Waals surface area contributed by atoms with Crippen molar-refractivity contribution in [3.05, 3.63) is 77.8 Å². The minimum absolute atomic E-state index is 0.0371. The second-order valence-electron chi connectivity index (χ2n) is 7.98. The van der Waals surface area contributed by atoms with Gasteiger partial charge in [0.2, 0.25) is 0 Å². The van der Waals surface area contributed by atoms with Crippen LogP contribution in [0.3, 0.4) is 0 Å².